The van der Waals surface area contributed by atoms with E-state index in [1.54, 1.807) is 24.3 Å². The lowest BCUT2D eigenvalue weighted by atomic mass is 10.3. The van der Waals surface area contributed by atoms with Crippen molar-refractivity contribution in [1.82, 2.24) is 0 Å². The summed E-state index contributed by atoms with van der Waals surface area (Å²) in [6.07, 6.45) is -0.713. The van der Waals surface area contributed by atoms with Crippen LogP contribution in [0.4, 0.5) is 5.69 Å². The topological polar surface area (TPSA) is 64.7 Å². The summed E-state index contributed by atoms with van der Waals surface area (Å²) in [5.41, 5.74) is 6.27. The van der Waals surface area contributed by atoms with Crippen molar-refractivity contribution in [2.75, 3.05) is 18.9 Å². The first kappa shape index (κ1) is 14.7. The Balaban J connectivity index is 1.77. The van der Waals surface area contributed by atoms with Crippen molar-refractivity contribution in [3.05, 3.63) is 53.0 Å². The van der Waals surface area contributed by atoms with Crippen LogP contribution < -0.4 is 15.2 Å². The maximum Gasteiger partial charge on any atom is 0.122 e. The smallest absolute Gasteiger partial charge is 0.122 e. The van der Waals surface area contributed by atoms with Crippen molar-refractivity contribution >= 4 is 21.6 Å². The number of ether oxygens (including phenoxy) is 2. The number of halogens is 1. The molecule has 0 radical (unpaired) electrons. The molecule has 106 valence electrons. The SMILES string of the molecule is Nc1cccc(OCC(O)COc2cccc(Br)c2)c1. The number of hydrogen-bond donors (Lipinski definition) is 2. The third kappa shape index (κ3) is 4.75. The molecule has 0 spiro atoms. The largest absolute Gasteiger partial charge is 0.491 e. The minimum absolute atomic E-state index is 0.150. The monoisotopic (exact) mass is 337 g/mol. The number of aliphatic hydroxyl groups excluding tert-OH is 1. The maximum atomic E-state index is 9.82. The Morgan fingerprint density at radius 1 is 1.00 bits per heavy atom. The molecule has 0 aromatic heterocycles. The van der Waals surface area contributed by atoms with Crippen molar-refractivity contribution in [1.29, 1.82) is 0 Å². The molecule has 20 heavy (non-hydrogen) atoms. The average molecular weight is 338 g/mol. The van der Waals surface area contributed by atoms with Crippen LogP contribution in [0.3, 0.4) is 0 Å². The lowest BCUT2D eigenvalue weighted by Gasteiger charge is -2.14. The Kier molecular flexibility index (Phi) is 5.26. The van der Waals surface area contributed by atoms with Gasteiger partial charge < -0.3 is 20.3 Å². The molecule has 4 nitrogen and oxygen atoms in total. The van der Waals surface area contributed by atoms with E-state index < -0.39 is 6.10 Å². The van der Waals surface area contributed by atoms with Gasteiger partial charge in [0.05, 0.1) is 0 Å². The van der Waals surface area contributed by atoms with Crippen LogP contribution in [0.5, 0.6) is 11.5 Å². The zero-order chi connectivity index (χ0) is 14.4. The maximum absolute atomic E-state index is 9.82. The van der Waals surface area contributed by atoms with Crippen LogP contribution >= 0.6 is 15.9 Å². The quantitative estimate of drug-likeness (QED) is 0.795. The first-order valence-electron chi connectivity index (χ1n) is 6.18. The van der Waals surface area contributed by atoms with Crippen LogP contribution in [0, 0.1) is 0 Å². The van der Waals surface area contributed by atoms with Crippen molar-refractivity contribution < 1.29 is 14.6 Å². The number of anilines is 1. The molecule has 2 aromatic carbocycles. The lowest BCUT2D eigenvalue weighted by Crippen LogP contribution is -2.25. The number of benzene rings is 2. The van der Waals surface area contributed by atoms with E-state index in [2.05, 4.69) is 15.9 Å². The van der Waals surface area contributed by atoms with Gasteiger partial charge in [-0.15, -0.1) is 0 Å². The molecular weight excluding hydrogens is 322 g/mol. The Labute approximate surface area is 126 Å². The molecular formula is C15H16BrNO3. The van der Waals surface area contributed by atoms with Crippen molar-refractivity contribution in [2.45, 2.75) is 6.10 Å². The predicted octanol–water partition coefficient (Wildman–Crippen LogP) is 2.85. The van der Waals surface area contributed by atoms with Gasteiger partial charge >= 0.3 is 0 Å². The van der Waals surface area contributed by atoms with Gasteiger partial charge in [-0.1, -0.05) is 28.1 Å². The first-order chi connectivity index (χ1) is 9.63. The van der Waals surface area contributed by atoms with Gasteiger partial charge in [0.2, 0.25) is 0 Å². The van der Waals surface area contributed by atoms with Crippen molar-refractivity contribution in [3.63, 3.8) is 0 Å². The molecule has 0 amide bonds. The van der Waals surface area contributed by atoms with E-state index in [-0.39, 0.29) is 13.2 Å². The van der Waals surface area contributed by atoms with Crippen molar-refractivity contribution in [3.8, 4) is 11.5 Å². The Bertz CT molecular complexity index is 513. The fraction of sp³-hybridized carbons (Fsp3) is 0.200. The highest BCUT2D eigenvalue weighted by atomic mass is 79.9. The van der Waals surface area contributed by atoms with Gasteiger partial charge in [-0.3, -0.25) is 0 Å². The van der Waals surface area contributed by atoms with Crippen LogP contribution in [0.25, 0.3) is 0 Å². The summed E-state index contributed by atoms with van der Waals surface area (Å²) >= 11 is 3.36. The molecule has 2 aromatic rings. The normalized spacial score (nSPS) is 11.9. The second-order valence-corrected chi connectivity index (χ2v) is 5.22. The highest BCUT2D eigenvalue weighted by Gasteiger charge is 2.07. The van der Waals surface area contributed by atoms with Gasteiger partial charge in [0.1, 0.15) is 30.8 Å². The summed E-state index contributed by atoms with van der Waals surface area (Å²) in [4.78, 5) is 0. The van der Waals surface area contributed by atoms with Crippen LogP contribution in [0.15, 0.2) is 53.0 Å². The van der Waals surface area contributed by atoms with Crippen LogP contribution in [-0.2, 0) is 0 Å². The Morgan fingerprint density at radius 2 is 1.60 bits per heavy atom. The number of rotatable bonds is 6. The van der Waals surface area contributed by atoms with E-state index in [0.717, 1.165) is 4.47 Å². The predicted molar refractivity (Wildman–Crippen MR) is 82.0 cm³/mol. The zero-order valence-corrected chi connectivity index (χ0v) is 12.4. The molecule has 3 N–H and O–H groups in total. The van der Waals surface area contributed by atoms with Gasteiger partial charge in [-0.05, 0) is 30.3 Å². The van der Waals surface area contributed by atoms with E-state index >= 15 is 0 Å². The number of hydrogen-bond acceptors (Lipinski definition) is 4. The second kappa shape index (κ2) is 7.17. The first-order valence-corrected chi connectivity index (χ1v) is 6.97. The zero-order valence-electron chi connectivity index (χ0n) is 10.8. The Hall–Kier alpha value is -1.72. The highest BCUT2D eigenvalue weighted by molar-refractivity contribution is 9.10. The third-order valence-electron chi connectivity index (χ3n) is 2.54. The van der Waals surface area contributed by atoms with E-state index in [9.17, 15) is 5.11 Å². The summed E-state index contributed by atoms with van der Waals surface area (Å²) in [7, 11) is 0. The highest BCUT2D eigenvalue weighted by Crippen LogP contribution is 2.18. The van der Waals surface area contributed by atoms with Gasteiger partial charge in [0.25, 0.3) is 0 Å². The molecule has 0 aliphatic rings. The summed E-state index contributed by atoms with van der Waals surface area (Å²) in [5, 5.41) is 9.82. The van der Waals surface area contributed by atoms with Gasteiger partial charge in [-0.2, -0.15) is 0 Å². The van der Waals surface area contributed by atoms with Crippen LogP contribution in [0.1, 0.15) is 0 Å². The van der Waals surface area contributed by atoms with E-state index in [4.69, 9.17) is 15.2 Å². The third-order valence-corrected chi connectivity index (χ3v) is 3.03. The number of nitrogen functional groups attached to an aromatic ring is 1. The van der Waals surface area contributed by atoms with Gasteiger partial charge in [-0.25, -0.2) is 0 Å². The molecule has 0 fully saturated rings. The molecule has 0 bridgehead atoms. The van der Waals surface area contributed by atoms with Gasteiger partial charge in [0, 0.05) is 16.2 Å². The minimum Gasteiger partial charge on any atom is -0.491 e. The molecule has 0 heterocycles. The number of nitrogens with two attached hydrogens (primary N) is 1. The molecule has 0 saturated heterocycles. The van der Waals surface area contributed by atoms with Crippen LogP contribution in [0.2, 0.25) is 0 Å². The Morgan fingerprint density at radius 3 is 2.20 bits per heavy atom. The fourth-order valence-corrected chi connectivity index (χ4v) is 1.97. The standard InChI is InChI=1S/C15H16BrNO3/c16-11-3-1-5-14(7-11)19-9-13(18)10-20-15-6-2-4-12(17)8-15/h1-8,13,18H,9-10,17H2. The van der Waals surface area contributed by atoms with Gasteiger partial charge in [0.15, 0.2) is 0 Å². The van der Waals surface area contributed by atoms with E-state index in [0.29, 0.717) is 17.2 Å². The summed E-state index contributed by atoms with van der Waals surface area (Å²) in [6, 6.07) is 14.5. The summed E-state index contributed by atoms with van der Waals surface area (Å²) in [5.74, 6) is 1.33. The van der Waals surface area contributed by atoms with Crippen molar-refractivity contribution in [2.24, 2.45) is 0 Å². The lowest BCUT2D eigenvalue weighted by molar-refractivity contribution is 0.0626. The number of aliphatic hydroxyl groups is 1. The van der Waals surface area contributed by atoms with Crippen LogP contribution in [-0.4, -0.2) is 24.4 Å². The van der Waals surface area contributed by atoms with E-state index in [1.807, 2.05) is 24.3 Å². The second-order valence-electron chi connectivity index (χ2n) is 4.31. The molecule has 0 saturated carbocycles. The molecule has 5 heteroatoms. The fourth-order valence-electron chi connectivity index (χ4n) is 1.59. The summed E-state index contributed by atoms with van der Waals surface area (Å²) < 4.78 is 11.8. The average Bonchev–Trinajstić information content (AvgIpc) is 2.43. The molecule has 1 unspecified atom stereocenters. The molecule has 2 rings (SSSR count). The molecule has 0 aliphatic heterocycles. The summed E-state index contributed by atoms with van der Waals surface area (Å²) in [6.45, 7) is 0.316. The molecule has 1 atom stereocenters. The molecule has 0 aliphatic carbocycles. The van der Waals surface area contributed by atoms with E-state index in [1.165, 1.54) is 0 Å². The minimum atomic E-state index is -0.713.